The van der Waals surface area contributed by atoms with Crippen molar-refractivity contribution in [1.29, 1.82) is 0 Å². The predicted molar refractivity (Wildman–Crippen MR) is 82.8 cm³/mol. The van der Waals surface area contributed by atoms with Crippen LogP contribution in [-0.2, 0) is 0 Å². The zero-order valence-corrected chi connectivity index (χ0v) is 11.5. The molecule has 2 heterocycles. The van der Waals surface area contributed by atoms with E-state index in [4.69, 9.17) is 0 Å². The van der Waals surface area contributed by atoms with Gasteiger partial charge in [0.1, 0.15) is 11.0 Å². The van der Waals surface area contributed by atoms with Crippen LogP contribution in [0.25, 0.3) is 33.3 Å². The first kappa shape index (κ1) is 11.9. The van der Waals surface area contributed by atoms with Crippen molar-refractivity contribution in [2.45, 2.75) is 6.92 Å². The van der Waals surface area contributed by atoms with Gasteiger partial charge in [0.15, 0.2) is 5.82 Å². The molecule has 4 aromatic rings. The molecule has 4 rings (SSSR count). The molecular weight excluding hydrogens is 260 g/mol. The highest BCUT2D eigenvalue weighted by molar-refractivity contribution is 6.01. The number of aromatic nitrogens is 4. The highest BCUT2D eigenvalue weighted by atomic mass is 15.2. The van der Waals surface area contributed by atoms with E-state index in [9.17, 15) is 0 Å². The minimum atomic E-state index is 0.625. The van der Waals surface area contributed by atoms with Gasteiger partial charge in [-0.1, -0.05) is 48.0 Å². The molecule has 4 nitrogen and oxygen atoms in total. The lowest BCUT2D eigenvalue weighted by molar-refractivity contribution is 1.03. The van der Waals surface area contributed by atoms with Crippen LogP contribution in [0.3, 0.4) is 0 Å². The number of pyridine rings is 1. The molecule has 0 aliphatic rings. The van der Waals surface area contributed by atoms with Gasteiger partial charge in [-0.3, -0.25) is 4.98 Å². The molecule has 0 radical (unpaired) electrons. The largest absolute Gasteiger partial charge is 0.254 e. The summed E-state index contributed by atoms with van der Waals surface area (Å²) in [5, 5.41) is 9.60. The molecule has 0 saturated heterocycles. The third kappa shape index (κ3) is 2.01. The third-order valence-corrected chi connectivity index (χ3v) is 3.51. The standard InChI is InChI=1S/C17H12N4/c1-11-6-8-12(9-7-11)17-19-15-10-18-14-5-3-2-4-13(14)16(15)20-21-17/h2-10H,1H3. The molecule has 0 saturated carbocycles. The summed E-state index contributed by atoms with van der Waals surface area (Å²) in [6.07, 6.45) is 1.75. The summed E-state index contributed by atoms with van der Waals surface area (Å²) in [6, 6.07) is 16.0. The molecule has 0 spiro atoms. The average Bonchev–Trinajstić information content (AvgIpc) is 2.55. The van der Waals surface area contributed by atoms with Crippen LogP contribution < -0.4 is 0 Å². The second-order valence-electron chi connectivity index (χ2n) is 5.01. The summed E-state index contributed by atoms with van der Waals surface area (Å²) < 4.78 is 0. The van der Waals surface area contributed by atoms with Crippen LogP contribution in [0, 0.1) is 6.92 Å². The van der Waals surface area contributed by atoms with E-state index < -0.39 is 0 Å². The van der Waals surface area contributed by atoms with Gasteiger partial charge >= 0.3 is 0 Å². The van der Waals surface area contributed by atoms with Gasteiger partial charge in [-0.15, -0.1) is 10.2 Å². The number of hydrogen-bond donors (Lipinski definition) is 0. The summed E-state index contributed by atoms with van der Waals surface area (Å²) in [6.45, 7) is 2.05. The molecule has 2 aromatic carbocycles. The van der Waals surface area contributed by atoms with Gasteiger partial charge in [0.05, 0.1) is 11.7 Å². The smallest absolute Gasteiger partial charge is 0.182 e. The van der Waals surface area contributed by atoms with Crippen molar-refractivity contribution in [2.24, 2.45) is 0 Å². The van der Waals surface area contributed by atoms with Gasteiger partial charge in [-0.05, 0) is 13.0 Å². The predicted octanol–water partition coefficient (Wildman–Crippen LogP) is 3.55. The van der Waals surface area contributed by atoms with Gasteiger partial charge in [-0.2, -0.15) is 0 Å². The molecular formula is C17H12N4. The molecule has 4 heteroatoms. The van der Waals surface area contributed by atoms with Crippen molar-refractivity contribution in [3.05, 3.63) is 60.3 Å². The maximum atomic E-state index is 4.59. The summed E-state index contributed by atoms with van der Waals surface area (Å²) in [5.41, 5.74) is 4.63. The Bertz CT molecular complexity index is 946. The van der Waals surface area contributed by atoms with Crippen LogP contribution in [0.5, 0.6) is 0 Å². The Labute approximate surface area is 121 Å². The highest BCUT2D eigenvalue weighted by Crippen LogP contribution is 2.22. The molecule has 0 bridgehead atoms. The first-order chi connectivity index (χ1) is 10.3. The Hall–Kier alpha value is -2.88. The first-order valence-electron chi connectivity index (χ1n) is 6.76. The van der Waals surface area contributed by atoms with Crippen LogP contribution in [0.4, 0.5) is 0 Å². The normalized spacial score (nSPS) is 11.1. The number of nitrogens with zero attached hydrogens (tertiary/aromatic N) is 4. The Balaban J connectivity index is 1.94. The summed E-state index contributed by atoms with van der Waals surface area (Å²) in [5.74, 6) is 0.625. The van der Waals surface area contributed by atoms with Crippen LogP contribution in [-0.4, -0.2) is 20.2 Å². The quantitative estimate of drug-likeness (QED) is 0.497. The number of rotatable bonds is 1. The van der Waals surface area contributed by atoms with E-state index >= 15 is 0 Å². The van der Waals surface area contributed by atoms with Crippen molar-refractivity contribution in [3.63, 3.8) is 0 Å². The maximum absolute atomic E-state index is 4.59. The monoisotopic (exact) mass is 272 g/mol. The van der Waals surface area contributed by atoms with E-state index in [0.29, 0.717) is 5.82 Å². The molecule has 0 N–H and O–H groups in total. The molecule has 0 aliphatic heterocycles. The minimum Gasteiger partial charge on any atom is -0.254 e. The van der Waals surface area contributed by atoms with Crippen molar-refractivity contribution >= 4 is 21.9 Å². The SMILES string of the molecule is Cc1ccc(-c2nnc3c(cnc4ccccc43)n2)cc1. The number of hydrogen-bond acceptors (Lipinski definition) is 4. The van der Waals surface area contributed by atoms with Crippen molar-refractivity contribution in [1.82, 2.24) is 20.2 Å². The zero-order valence-electron chi connectivity index (χ0n) is 11.5. The summed E-state index contributed by atoms with van der Waals surface area (Å²) in [7, 11) is 0. The van der Waals surface area contributed by atoms with E-state index in [1.807, 2.05) is 48.5 Å². The average molecular weight is 272 g/mol. The first-order valence-corrected chi connectivity index (χ1v) is 6.76. The summed E-state index contributed by atoms with van der Waals surface area (Å²) >= 11 is 0. The van der Waals surface area contributed by atoms with Crippen LogP contribution in [0.1, 0.15) is 5.56 Å². The lowest BCUT2D eigenvalue weighted by Gasteiger charge is -2.04. The van der Waals surface area contributed by atoms with Gasteiger partial charge in [0.2, 0.25) is 0 Å². The molecule has 2 aromatic heterocycles. The third-order valence-electron chi connectivity index (χ3n) is 3.51. The second kappa shape index (κ2) is 4.59. The molecule has 0 aliphatic carbocycles. The van der Waals surface area contributed by atoms with Gasteiger partial charge in [-0.25, -0.2) is 4.98 Å². The molecule has 0 unspecified atom stereocenters. The minimum absolute atomic E-state index is 0.625. The summed E-state index contributed by atoms with van der Waals surface area (Å²) in [4.78, 5) is 9.02. The second-order valence-corrected chi connectivity index (χ2v) is 5.01. The molecule has 0 amide bonds. The fourth-order valence-electron chi connectivity index (χ4n) is 2.36. The van der Waals surface area contributed by atoms with Gasteiger partial charge in [0.25, 0.3) is 0 Å². The molecule has 100 valence electrons. The molecule has 0 atom stereocenters. The number of benzene rings is 2. The Morgan fingerprint density at radius 1 is 0.810 bits per heavy atom. The van der Waals surface area contributed by atoms with E-state index in [0.717, 1.165) is 27.5 Å². The van der Waals surface area contributed by atoms with E-state index in [1.54, 1.807) is 6.20 Å². The van der Waals surface area contributed by atoms with Crippen molar-refractivity contribution in [2.75, 3.05) is 0 Å². The Morgan fingerprint density at radius 3 is 2.48 bits per heavy atom. The van der Waals surface area contributed by atoms with E-state index in [2.05, 4.69) is 27.1 Å². The lowest BCUT2D eigenvalue weighted by atomic mass is 10.1. The number of para-hydroxylation sites is 1. The van der Waals surface area contributed by atoms with Crippen molar-refractivity contribution < 1.29 is 0 Å². The number of fused-ring (bicyclic) bond motifs is 3. The van der Waals surface area contributed by atoms with Gasteiger partial charge < -0.3 is 0 Å². The van der Waals surface area contributed by atoms with Crippen LogP contribution in [0.2, 0.25) is 0 Å². The fourth-order valence-corrected chi connectivity index (χ4v) is 2.36. The Morgan fingerprint density at radius 2 is 1.62 bits per heavy atom. The maximum Gasteiger partial charge on any atom is 0.182 e. The topological polar surface area (TPSA) is 51.6 Å². The number of aryl methyl sites for hydroxylation is 1. The van der Waals surface area contributed by atoms with E-state index in [-0.39, 0.29) is 0 Å². The van der Waals surface area contributed by atoms with Gasteiger partial charge in [0, 0.05) is 10.9 Å². The zero-order chi connectivity index (χ0) is 14.2. The van der Waals surface area contributed by atoms with Crippen molar-refractivity contribution in [3.8, 4) is 11.4 Å². The van der Waals surface area contributed by atoms with Crippen LogP contribution in [0.15, 0.2) is 54.7 Å². The molecule has 21 heavy (non-hydrogen) atoms. The molecule has 0 fully saturated rings. The fraction of sp³-hybridized carbons (Fsp3) is 0.0588. The highest BCUT2D eigenvalue weighted by Gasteiger charge is 2.07. The van der Waals surface area contributed by atoms with E-state index in [1.165, 1.54) is 5.56 Å². The van der Waals surface area contributed by atoms with Crippen LogP contribution >= 0.6 is 0 Å². The Kier molecular flexibility index (Phi) is 2.60. The lowest BCUT2D eigenvalue weighted by Crippen LogP contribution is -1.95.